The first-order chi connectivity index (χ1) is 8.48. The van der Waals surface area contributed by atoms with Gasteiger partial charge in [0, 0.05) is 25.3 Å². The fraction of sp³-hybridized carbons (Fsp3) is 0.769. The van der Waals surface area contributed by atoms with Gasteiger partial charge in [0.15, 0.2) is 0 Å². The zero-order chi connectivity index (χ0) is 13.3. The number of likely N-dealkylation sites (N-methyl/N-ethyl adjacent to an activating group) is 1. The van der Waals surface area contributed by atoms with Crippen molar-refractivity contribution in [3.05, 3.63) is 16.4 Å². The van der Waals surface area contributed by atoms with E-state index in [-0.39, 0.29) is 11.6 Å². The summed E-state index contributed by atoms with van der Waals surface area (Å²) in [4.78, 5) is 0. The van der Waals surface area contributed by atoms with Crippen molar-refractivity contribution in [1.29, 1.82) is 0 Å². The molecule has 18 heavy (non-hydrogen) atoms. The Bertz CT molecular complexity index is 424. The molecule has 2 heterocycles. The van der Waals surface area contributed by atoms with Gasteiger partial charge >= 0.3 is 0 Å². The van der Waals surface area contributed by atoms with E-state index < -0.39 is 0 Å². The average molecular weight is 272 g/mol. The first-order valence-corrected chi connectivity index (χ1v) is 6.85. The Morgan fingerprint density at radius 1 is 1.61 bits per heavy atom. The fourth-order valence-electron chi connectivity index (χ4n) is 2.81. The summed E-state index contributed by atoms with van der Waals surface area (Å²) in [6.45, 7) is 5.04. The molecule has 5 heteroatoms. The number of rotatable bonds is 4. The second-order valence-electron chi connectivity index (χ2n) is 5.29. The van der Waals surface area contributed by atoms with Crippen molar-refractivity contribution in [3.63, 3.8) is 0 Å². The number of aromatic nitrogens is 2. The molecule has 1 N–H and O–H groups in total. The van der Waals surface area contributed by atoms with Gasteiger partial charge in [-0.05, 0) is 40.2 Å². The number of halogens is 1. The van der Waals surface area contributed by atoms with Crippen LogP contribution in [-0.2, 0) is 18.2 Å². The molecule has 1 aromatic rings. The largest absolute Gasteiger partial charge is 0.374 e. The lowest BCUT2D eigenvalue weighted by atomic mass is 9.88. The van der Waals surface area contributed by atoms with Crippen molar-refractivity contribution in [2.24, 2.45) is 7.05 Å². The minimum Gasteiger partial charge on any atom is -0.374 e. The minimum atomic E-state index is -0.0969. The van der Waals surface area contributed by atoms with E-state index >= 15 is 0 Å². The Morgan fingerprint density at radius 3 is 2.78 bits per heavy atom. The molecular weight excluding hydrogens is 250 g/mol. The molecule has 1 aromatic heterocycles. The SMILES string of the molecule is CNC(Cc1c(C)nn(C)c1Cl)C1(C)CCCO1. The van der Waals surface area contributed by atoms with Gasteiger partial charge < -0.3 is 10.1 Å². The number of hydrogen-bond donors (Lipinski definition) is 1. The minimum absolute atomic E-state index is 0.0969. The summed E-state index contributed by atoms with van der Waals surface area (Å²) in [5.41, 5.74) is 2.03. The molecular formula is C13H22ClN3O. The van der Waals surface area contributed by atoms with Crippen LogP contribution in [-0.4, -0.2) is 35.1 Å². The van der Waals surface area contributed by atoms with Crippen molar-refractivity contribution < 1.29 is 4.74 Å². The van der Waals surface area contributed by atoms with Gasteiger partial charge in [0.2, 0.25) is 0 Å². The van der Waals surface area contributed by atoms with Gasteiger partial charge in [-0.15, -0.1) is 0 Å². The standard InChI is InChI=1S/C13H22ClN3O/c1-9-10(12(14)17(4)16-9)8-11(15-3)13(2)6-5-7-18-13/h11,15H,5-8H2,1-4H3. The number of nitrogens with one attached hydrogen (secondary N) is 1. The number of nitrogens with zero attached hydrogens (tertiary/aromatic N) is 2. The number of ether oxygens (including phenoxy) is 1. The first kappa shape index (κ1) is 13.8. The molecule has 2 unspecified atom stereocenters. The number of aryl methyl sites for hydroxylation is 2. The molecule has 0 aromatic carbocycles. The van der Waals surface area contributed by atoms with E-state index in [1.54, 1.807) is 4.68 Å². The Labute approximate surface area is 114 Å². The van der Waals surface area contributed by atoms with Crippen molar-refractivity contribution >= 4 is 11.6 Å². The molecule has 0 spiro atoms. The molecule has 0 saturated carbocycles. The summed E-state index contributed by atoms with van der Waals surface area (Å²) in [5, 5.41) is 8.47. The predicted molar refractivity (Wildman–Crippen MR) is 73.1 cm³/mol. The first-order valence-electron chi connectivity index (χ1n) is 6.47. The van der Waals surface area contributed by atoms with E-state index in [0.29, 0.717) is 0 Å². The third-order valence-corrected chi connectivity index (χ3v) is 4.49. The maximum atomic E-state index is 6.30. The van der Waals surface area contributed by atoms with Gasteiger partial charge in [-0.2, -0.15) is 5.10 Å². The molecule has 0 bridgehead atoms. The molecule has 2 atom stereocenters. The highest BCUT2D eigenvalue weighted by Gasteiger charge is 2.38. The summed E-state index contributed by atoms with van der Waals surface area (Å²) < 4.78 is 7.65. The maximum absolute atomic E-state index is 6.30. The zero-order valence-corrected chi connectivity index (χ0v) is 12.3. The highest BCUT2D eigenvalue weighted by Crippen LogP contribution is 2.32. The van der Waals surface area contributed by atoms with E-state index in [4.69, 9.17) is 16.3 Å². The van der Waals surface area contributed by atoms with Gasteiger partial charge in [-0.3, -0.25) is 4.68 Å². The van der Waals surface area contributed by atoms with Crippen LogP contribution in [0.3, 0.4) is 0 Å². The van der Waals surface area contributed by atoms with E-state index in [2.05, 4.69) is 17.3 Å². The smallest absolute Gasteiger partial charge is 0.130 e. The van der Waals surface area contributed by atoms with Crippen LogP contribution in [0.1, 0.15) is 31.0 Å². The highest BCUT2D eigenvalue weighted by molar-refractivity contribution is 6.30. The van der Waals surface area contributed by atoms with E-state index in [1.165, 1.54) is 0 Å². The van der Waals surface area contributed by atoms with Crippen molar-refractivity contribution in [3.8, 4) is 0 Å². The second kappa shape index (κ2) is 5.19. The van der Waals surface area contributed by atoms with Gasteiger partial charge in [-0.25, -0.2) is 0 Å². The lowest BCUT2D eigenvalue weighted by molar-refractivity contribution is -0.00946. The second-order valence-corrected chi connectivity index (χ2v) is 5.65. The topological polar surface area (TPSA) is 39.1 Å². The van der Waals surface area contributed by atoms with Crippen LogP contribution in [0.15, 0.2) is 0 Å². The molecule has 102 valence electrons. The van der Waals surface area contributed by atoms with Crippen LogP contribution in [0.2, 0.25) is 5.15 Å². The predicted octanol–water partition coefficient (Wildman–Crippen LogP) is 2.08. The summed E-state index contributed by atoms with van der Waals surface area (Å²) in [7, 11) is 3.86. The van der Waals surface area contributed by atoms with Crippen molar-refractivity contribution in [2.45, 2.75) is 44.8 Å². The monoisotopic (exact) mass is 271 g/mol. The van der Waals surface area contributed by atoms with E-state index in [0.717, 1.165) is 42.3 Å². The normalized spacial score (nSPS) is 25.6. The molecule has 0 aliphatic carbocycles. The van der Waals surface area contributed by atoms with Gasteiger partial charge in [0.05, 0.1) is 11.3 Å². The van der Waals surface area contributed by atoms with E-state index in [9.17, 15) is 0 Å². The maximum Gasteiger partial charge on any atom is 0.130 e. The van der Waals surface area contributed by atoms with Crippen LogP contribution in [0, 0.1) is 6.92 Å². The lowest BCUT2D eigenvalue weighted by Gasteiger charge is -2.33. The van der Waals surface area contributed by atoms with Gasteiger partial charge in [0.25, 0.3) is 0 Å². The number of hydrogen-bond acceptors (Lipinski definition) is 3. The summed E-state index contributed by atoms with van der Waals surface area (Å²) >= 11 is 6.30. The Morgan fingerprint density at radius 2 is 2.33 bits per heavy atom. The highest BCUT2D eigenvalue weighted by atomic mass is 35.5. The summed E-state index contributed by atoms with van der Waals surface area (Å²) in [6.07, 6.45) is 3.08. The van der Waals surface area contributed by atoms with Crippen molar-refractivity contribution in [1.82, 2.24) is 15.1 Å². The average Bonchev–Trinajstić information content (AvgIpc) is 2.85. The van der Waals surface area contributed by atoms with Gasteiger partial charge in [-0.1, -0.05) is 11.6 Å². The molecule has 2 rings (SSSR count). The third-order valence-electron chi connectivity index (χ3n) is 4.01. The Balaban J connectivity index is 2.20. The van der Waals surface area contributed by atoms with Crippen LogP contribution in [0.4, 0.5) is 0 Å². The van der Waals surface area contributed by atoms with Crippen LogP contribution in [0.25, 0.3) is 0 Å². The van der Waals surface area contributed by atoms with Crippen molar-refractivity contribution in [2.75, 3.05) is 13.7 Å². The summed E-state index contributed by atoms with van der Waals surface area (Å²) in [5.74, 6) is 0. The molecule has 1 aliphatic rings. The van der Waals surface area contributed by atoms with Crippen LogP contribution >= 0.6 is 11.6 Å². The molecule has 1 fully saturated rings. The Kier molecular flexibility index (Phi) is 3.99. The molecule has 0 radical (unpaired) electrons. The van der Waals surface area contributed by atoms with E-state index in [1.807, 2.05) is 21.0 Å². The zero-order valence-electron chi connectivity index (χ0n) is 11.6. The summed E-state index contributed by atoms with van der Waals surface area (Å²) in [6, 6.07) is 0.264. The third kappa shape index (κ3) is 2.42. The molecule has 4 nitrogen and oxygen atoms in total. The fourth-order valence-corrected chi connectivity index (χ4v) is 3.06. The van der Waals surface area contributed by atoms with Crippen LogP contribution < -0.4 is 5.32 Å². The molecule has 1 saturated heterocycles. The molecule has 1 aliphatic heterocycles. The van der Waals surface area contributed by atoms with Gasteiger partial charge in [0.1, 0.15) is 5.15 Å². The van der Waals surface area contributed by atoms with Crippen LogP contribution in [0.5, 0.6) is 0 Å². The molecule has 0 amide bonds. The lowest BCUT2D eigenvalue weighted by Crippen LogP contribution is -2.48. The quantitative estimate of drug-likeness (QED) is 0.911. The Hall–Kier alpha value is -0.580.